The zero-order valence-electron chi connectivity index (χ0n) is 14.2. The monoisotopic (exact) mass is 369 g/mol. The van der Waals surface area contributed by atoms with Crippen LogP contribution in [0.2, 0.25) is 0 Å². The third-order valence-electron chi connectivity index (χ3n) is 4.40. The van der Waals surface area contributed by atoms with Gasteiger partial charge in [0.25, 0.3) is 11.5 Å². The zero-order chi connectivity index (χ0) is 17.9. The maximum atomic E-state index is 12.6. The molecule has 0 radical (unpaired) electrons. The van der Waals surface area contributed by atoms with E-state index in [-0.39, 0.29) is 11.6 Å². The van der Waals surface area contributed by atoms with Crippen LogP contribution in [0.15, 0.2) is 41.2 Å². The van der Waals surface area contributed by atoms with Gasteiger partial charge >= 0.3 is 0 Å². The maximum absolute atomic E-state index is 12.6. The molecule has 8 heteroatoms. The molecule has 1 aliphatic rings. The van der Waals surface area contributed by atoms with Crippen molar-refractivity contribution in [2.75, 3.05) is 18.0 Å². The van der Waals surface area contributed by atoms with Gasteiger partial charge in [-0.1, -0.05) is 41.7 Å². The van der Waals surface area contributed by atoms with Crippen LogP contribution in [0.1, 0.15) is 35.3 Å². The summed E-state index contributed by atoms with van der Waals surface area (Å²) in [5, 5.41) is 8.21. The van der Waals surface area contributed by atoms with Crippen LogP contribution < -0.4 is 15.8 Å². The van der Waals surface area contributed by atoms with Crippen LogP contribution in [0.3, 0.4) is 0 Å². The highest BCUT2D eigenvalue weighted by Crippen LogP contribution is 2.25. The first-order chi connectivity index (χ1) is 12.7. The fourth-order valence-electron chi connectivity index (χ4n) is 3.05. The molecule has 1 amide bonds. The number of benzene rings is 1. The van der Waals surface area contributed by atoms with Gasteiger partial charge in [0, 0.05) is 25.7 Å². The van der Waals surface area contributed by atoms with Crippen molar-refractivity contribution < 1.29 is 4.79 Å². The smallest absolute Gasteiger partial charge is 0.274 e. The standard InChI is InChI=1S/C18H19N5O2S/c24-15-11-14(16(25)19-12-13-7-3-1-4-8-13)23-17(20-15)26-18(21-23)22-9-5-2-6-10-22/h1,3-4,7-8,11H,2,5-6,9-10,12H2,(H,19,25). The maximum Gasteiger partial charge on any atom is 0.274 e. The second kappa shape index (κ2) is 7.25. The van der Waals surface area contributed by atoms with E-state index in [1.165, 1.54) is 28.3 Å². The van der Waals surface area contributed by atoms with E-state index in [0.717, 1.165) is 36.6 Å². The van der Waals surface area contributed by atoms with E-state index in [0.29, 0.717) is 11.5 Å². The van der Waals surface area contributed by atoms with Crippen LogP contribution >= 0.6 is 11.3 Å². The van der Waals surface area contributed by atoms with Crippen LogP contribution in [0, 0.1) is 0 Å². The van der Waals surface area contributed by atoms with E-state index >= 15 is 0 Å². The average Bonchev–Trinajstić information content (AvgIpc) is 3.11. The van der Waals surface area contributed by atoms with Crippen LogP contribution in [-0.4, -0.2) is 33.6 Å². The molecule has 0 unspecified atom stereocenters. The van der Waals surface area contributed by atoms with E-state index in [1.54, 1.807) is 0 Å². The molecule has 1 saturated heterocycles. The molecule has 0 saturated carbocycles. The van der Waals surface area contributed by atoms with Crippen molar-refractivity contribution in [3.05, 3.63) is 58.0 Å². The molecule has 1 fully saturated rings. The molecular formula is C18H19N5O2S. The fraction of sp³-hybridized carbons (Fsp3) is 0.333. The zero-order valence-corrected chi connectivity index (χ0v) is 15.0. The molecule has 26 heavy (non-hydrogen) atoms. The highest BCUT2D eigenvalue weighted by Gasteiger charge is 2.19. The highest BCUT2D eigenvalue weighted by atomic mass is 32.1. The molecule has 0 spiro atoms. The third-order valence-corrected chi connectivity index (χ3v) is 5.37. The molecule has 0 aliphatic carbocycles. The van der Waals surface area contributed by atoms with Gasteiger partial charge < -0.3 is 10.2 Å². The van der Waals surface area contributed by atoms with Crippen LogP contribution in [0.4, 0.5) is 5.13 Å². The summed E-state index contributed by atoms with van der Waals surface area (Å²) in [5.41, 5.74) is 0.782. The fourth-order valence-corrected chi connectivity index (χ4v) is 4.01. The molecule has 1 aromatic carbocycles. The second-order valence-electron chi connectivity index (χ2n) is 6.27. The van der Waals surface area contributed by atoms with Gasteiger partial charge in [-0.3, -0.25) is 9.59 Å². The highest BCUT2D eigenvalue weighted by molar-refractivity contribution is 7.20. The number of aromatic nitrogens is 3. The predicted octanol–water partition coefficient (Wildman–Crippen LogP) is 2.07. The Kier molecular flexibility index (Phi) is 4.66. The molecule has 2 aromatic heterocycles. The van der Waals surface area contributed by atoms with Gasteiger partial charge in [0.2, 0.25) is 10.1 Å². The predicted molar refractivity (Wildman–Crippen MR) is 101 cm³/mol. The Hall–Kier alpha value is -2.74. The summed E-state index contributed by atoms with van der Waals surface area (Å²) in [5.74, 6) is -0.334. The summed E-state index contributed by atoms with van der Waals surface area (Å²) in [4.78, 5) is 31.2. The van der Waals surface area contributed by atoms with Crippen LogP contribution in [0.5, 0.6) is 0 Å². The lowest BCUT2D eigenvalue weighted by atomic mass is 10.1. The minimum atomic E-state index is -0.427. The van der Waals surface area contributed by atoms with E-state index in [4.69, 9.17) is 0 Å². The summed E-state index contributed by atoms with van der Waals surface area (Å²) in [6.45, 7) is 2.28. The minimum Gasteiger partial charge on any atom is -0.347 e. The Labute approximate surface area is 154 Å². The van der Waals surface area contributed by atoms with Gasteiger partial charge in [0.05, 0.1) is 0 Å². The quantitative estimate of drug-likeness (QED) is 0.762. The molecule has 0 atom stereocenters. The number of hydrogen-bond acceptors (Lipinski definition) is 6. The SMILES string of the molecule is O=C(NCc1ccccc1)c1cc(=O)nc2sc(N3CCCCC3)nn12. The molecule has 3 aromatic rings. The number of nitrogens with zero attached hydrogens (tertiary/aromatic N) is 4. The summed E-state index contributed by atoms with van der Waals surface area (Å²) in [6, 6.07) is 10.9. The third kappa shape index (κ3) is 3.45. The number of nitrogens with one attached hydrogen (secondary N) is 1. The van der Waals surface area contributed by atoms with Crippen LogP contribution in [-0.2, 0) is 6.54 Å². The normalized spacial score (nSPS) is 14.5. The Morgan fingerprint density at radius 3 is 2.69 bits per heavy atom. The molecule has 1 aliphatic heterocycles. The van der Waals surface area contributed by atoms with Gasteiger partial charge in [-0.2, -0.15) is 9.50 Å². The molecule has 134 valence electrons. The van der Waals surface area contributed by atoms with Crippen molar-refractivity contribution in [2.24, 2.45) is 0 Å². The van der Waals surface area contributed by atoms with Gasteiger partial charge in [-0.25, -0.2) is 0 Å². The molecule has 1 N–H and O–H groups in total. The summed E-state index contributed by atoms with van der Waals surface area (Å²) < 4.78 is 1.48. The van der Waals surface area contributed by atoms with Gasteiger partial charge in [-0.05, 0) is 24.8 Å². The number of piperidine rings is 1. The Bertz CT molecular complexity index is 976. The average molecular weight is 369 g/mol. The molecular weight excluding hydrogens is 350 g/mol. The first kappa shape index (κ1) is 16.7. The number of hydrogen-bond donors (Lipinski definition) is 1. The van der Waals surface area contributed by atoms with E-state index < -0.39 is 5.56 Å². The lowest BCUT2D eigenvalue weighted by Crippen LogP contribution is -2.30. The van der Waals surface area contributed by atoms with E-state index in [1.807, 2.05) is 30.3 Å². The second-order valence-corrected chi connectivity index (χ2v) is 7.21. The molecule has 0 bridgehead atoms. The molecule has 7 nitrogen and oxygen atoms in total. The minimum absolute atomic E-state index is 0.218. The first-order valence-corrected chi connectivity index (χ1v) is 9.50. The first-order valence-electron chi connectivity index (χ1n) is 8.69. The summed E-state index contributed by atoms with van der Waals surface area (Å²) in [6.07, 6.45) is 3.49. The number of rotatable bonds is 4. The van der Waals surface area contributed by atoms with E-state index in [2.05, 4.69) is 20.3 Å². The van der Waals surface area contributed by atoms with Gasteiger partial charge in [0.15, 0.2) is 0 Å². The van der Waals surface area contributed by atoms with Crippen molar-refractivity contribution in [2.45, 2.75) is 25.8 Å². The Morgan fingerprint density at radius 1 is 1.15 bits per heavy atom. The largest absolute Gasteiger partial charge is 0.347 e. The van der Waals surface area contributed by atoms with E-state index in [9.17, 15) is 9.59 Å². The van der Waals surface area contributed by atoms with Crippen molar-refractivity contribution >= 4 is 27.3 Å². The van der Waals surface area contributed by atoms with Crippen molar-refractivity contribution in [3.8, 4) is 0 Å². The van der Waals surface area contributed by atoms with Crippen molar-refractivity contribution in [3.63, 3.8) is 0 Å². The lowest BCUT2D eigenvalue weighted by Gasteiger charge is -2.25. The number of carbonyl (C=O) groups is 1. The molecule has 3 heterocycles. The Morgan fingerprint density at radius 2 is 1.92 bits per heavy atom. The number of fused-ring (bicyclic) bond motifs is 1. The summed E-state index contributed by atoms with van der Waals surface area (Å²) in [7, 11) is 0. The van der Waals surface area contributed by atoms with Crippen molar-refractivity contribution in [1.29, 1.82) is 0 Å². The number of amides is 1. The van der Waals surface area contributed by atoms with Gasteiger partial charge in [-0.15, -0.1) is 5.10 Å². The van der Waals surface area contributed by atoms with Crippen LogP contribution in [0.25, 0.3) is 4.96 Å². The lowest BCUT2D eigenvalue weighted by molar-refractivity contribution is 0.0943. The molecule has 4 rings (SSSR count). The number of anilines is 1. The van der Waals surface area contributed by atoms with Gasteiger partial charge in [0.1, 0.15) is 5.69 Å². The number of carbonyl (C=O) groups excluding carboxylic acids is 1. The van der Waals surface area contributed by atoms with Crippen molar-refractivity contribution in [1.82, 2.24) is 19.9 Å². The Balaban J connectivity index is 1.62. The summed E-state index contributed by atoms with van der Waals surface area (Å²) >= 11 is 1.35. The topological polar surface area (TPSA) is 79.6 Å².